The molecular formula is C126H176O23. The molecule has 0 saturated heterocycles. The van der Waals surface area contributed by atoms with E-state index in [1.165, 1.54) is 38.7 Å². The maximum Gasteiger partial charge on any atom is 0.342 e. The lowest BCUT2D eigenvalue weighted by atomic mass is 9.60. The van der Waals surface area contributed by atoms with Crippen LogP contribution >= 0.6 is 0 Å². The molecule has 0 spiro atoms. The average molecular weight is 2060 g/mol. The molecule has 818 valence electrons. The van der Waals surface area contributed by atoms with Gasteiger partial charge in [0.25, 0.3) is 0 Å². The fraction of sp³-hybridized carbons (Fsp3) is 0.611. The molecule has 14 N–H and O–H groups in total. The number of ether oxygens (including phenoxy) is 6. The summed E-state index contributed by atoms with van der Waals surface area (Å²) in [5, 5.41) is 155. The predicted molar refractivity (Wildman–Crippen MR) is 585 cm³/mol. The van der Waals surface area contributed by atoms with Gasteiger partial charge in [0, 0.05) is 63.3 Å². The Kier molecular flexibility index (Phi) is 36.4. The number of Topliss-reactive ketones (excluding diaryl/α,β-unsaturated/α-hetero) is 2. The molecule has 5 heterocycles. The van der Waals surface area contributed by atoms with E-state index in [1.54, 1.807) is 52.8 Å². The maximum absolute atomic E-state index is 14.4. The van der Waals surface area contributed by atoms with Crippen LogP contribution in [0.15, 0.2) is 113 Å². The van der Waals surface area contributed by atoms with Gasteiger partial charge in [-0.15, -0.1) is 0 Å². The zero-order chi connectivity index (χ0) is 109. The van der Waals surface area contributed by atoms with Gasteiger partial charge in [-0.1, -0.05) is 155 Å². The molecule has 23 nitrogen and oxygen atoms in total. The predicted octanol–water partition coefficient (Wildman–Crippen LogP) is 25.6. The number of aliphatic hydroxyl groups is 7. The van der Waals surface area contributed by atoms with Gasteiger partial charge >= 0.3 is 5.97 Å². The summed E-state index contributed by atoms with van der Waals surface area (Å²) in [4.78, 5) is 39.9. The highest BCUT2D eigenvalue weighted by Gasteiger charge is 2.70. The maximum atomic E-state index is 14.4. The SMILES string of the molecule is C=C(C)[C@@H]1CC[C@](C)(O)[C@H]2Oc3cc(CCCCC)cc(O)c3[C@@H]12.CCCCCc1cc(O)c2c(c1)OC(C)(C)C1(O)C(O)CC(C)=CC21O.CCCCCc1cc(O)c2c(c1)OC(C)(C)C1=C2C(=O)C(C)CC1.CCCCCc1cc(O)c2c(c1)OC(C)(C)C1=C2C(O)C(C)(OC(=O)c2c(CCCCC)cc(O)c([C@@H]3C=C(C)CC[C@H]3C(C)=O)c2O)CC1.CCCCCc1cc(O)c2c(c1)OC(C)(C)[C@@H]1CC[C@](C)(O)[C@@H](O)[C@@H]21. The van der Waals surface area contributed by atoms with Crippen molar-refractivity contribution in [2.45, 2.75) is 470 Å². The number of carbonyl (C=O) groups excluding carboxylic acids is 3. The number of phenolic OH excluding ortho intramolecular Hbond substituents is 7. The molecule has 2 saturated carbocycles. The highest BCUT2D eigenvalue weighted by atomic mass is 16.6. The summed E-state index contributed by atoms with van der Waals surface area (Å²) in [5.74, 6) is 1.18. The number of aliphatic hydroxyl groups excluding tert-OH is 3. The Morgan fingerprint density at radius 2 is 0.940 bits per heavy atom. The van der Waals surface area contributed by atoms with E-state index in [0.717, 1.165) is 221 Å². The molecule has 5 aliphatic heterocycles. The molecule has 11 aliphatic rings. The number of benzene rings is 6. The van der Waals surface area contributed by atoms with Crippen LogP contribution in [0.4, 0.5) is 0 Å². The molecule has 2 fully saturated rings. The molecule has 6 aliphatic carbocycles. The quantitative estimate of drug-likeness (QED) is 0.0118. The molecule has 6 aromatic carbocycles. The number of rotatable bonds is 29. The number of fused-ring (bicyclic) bond motifs is 13. The Balaban J connectivity index is 0.000000162. The van der Waals surface area contributed by atoms with Crippen LogP contribution in [0.25, 0.3) is 11.1 Å². The van der Waals surface area contributed by atoms with Crippen molar-refractivity contribution in [1.29, 1.82) is 0 Å². The summed E-state index contributed by atoms with van der Waals surface area (Å²) in [6.45, 7) is 46.9. The molecule has 6 aromatic rings. The van der Waals surface area contributed by atoms with E-state index in [-0.39, 0.29) is 111 Å². The van der Waals surface area contributed by atoms with E-state index in [2.05, 4.69) is 54.2 Å². The van der Waals surface area contributed by atoms with E-state index in [1.807, 2.05) is 118 Å². The molecule has 23 heteroatoms. The second-order valence-corrected chi connectivity index (χ2v) is 48.1. The number of allylic oxidation sites excluding steroid dienone is 4. The summed E-state index contributed by atoms with van der Waals surface area (Å²) in [7, 11) is 0. The molecule has 0 aromatic heterocycles. The Morgan fingerprint density at radius 3 is 1.47 bits per heavy atom. The molecule has 0 radical (unpaired) electrons. The number of carbonyl (C=O) groups is 3. The minimum atomic E-state index is -1.98. The third-order valence-electron chi connectivity index (χ3n) is 34.5. The molecular weight excluding hydrogens is 1880 g/mol. The monoisotopic (exact) mass is 2060 g/mol. The standard InChI is InChI=1S/C42H56O8.C21H30O5.C21H32O4.C21H28O3.C21H30O3/c1-8-10-12-14-26-21-31(44)37-33(22-26)49-41(5,6)30-18-19-42(7,39(47)36(30)37)50-40(48)34-27(15-13-11-9-2)23-32(45)35(38(34)46)29-20-24(3)16-17-28(29)25(4)43;1-5-6-7-8-14-10-15(22)18-16(11-14)26-19(3,4)21(25)17(23)9-13(2)12-20(18,21)24;1-5-6-7-8-13-11-15(22)18-16(12-13)25-20(2,3)14-9-10-21(4,24)19(23)17(14)18;1-5-6-7-8-14-11-16(22)19-17(12-14)24-21(3,4)15-10-9-13(2)20(23)18(15)19;1-5-6-7-8-14-11-16(22)19-17(12-14)24-20-18(19)15(13(2)3)9-10-21(20,4)23/h20-23,28-29,39,44-47H,8-19H2,1-7H3;10-12,17,22-25H,5-9H2,1-4H3;11-12,14,17,19,22-24H,5-10H2,1-4H3;11-13,22H,5-10H2,1-4H3;11-12,15,18,20,22-23H,2,5-10H2,1,3-4H3/t28-,29+,39?,42?;;14-,17-,19+,21+;;15-,18+,20-,21-/m0.1.0/s1. The lowest BCUT2D eigenvalue weighted by molar-refractivity contribution is -0.272. The van der Waals surface area contributed by atoms with Crippen molar-refractivity contribution in [3.05, 3.63) is 186 Å². The second-order valence-electron chi connectivity index (χ2n) is 48.1. The van der Waals surface area contributed by atoms with Crippen LogP contribution in [-0.4, -0.2) is 158 Å². The Hall–Kier alpha value is -9.85. The average Bonchev–Trinajstić information content (AvgIpc) is 0.960. The number of phenols is 7. The topological polar surface area (TPSA) is 390 Å². The van der Waals surface area contributed by atoms with E-state index in [0.29, 0.717) is 94.3 Å². The van der Waals surface area contributed by atoms with Crippen molar-refractivity contribution in [3.63, 3.8) is 0 Å². The smallest absolute Gasteiger partial charge is 0.342 e. The van der Waals surface area contributed by atoms with Crippen molar-refractivity contribution in [3.8, 4) is 69.0 Å². The van der Waals surface area contributed by atoms with Gasteiger partial charge in [-0.05, 0) is 375 Å². The highest BCUT2D eigenvalue weighted by Crippen LogP contribution is 2.63. The normalized spacial score (nSPS) is 27.9. The van der Waals surface area contributed by atoms with Crippen LogP contribution in [0.5, 0.6) is 69.0 Å². The summed E-state index contributed by atoms with van der Waals surface area (Å²) >= 11 is 0. The number of esters is 1. The van der Waals surface area contributed by atoms with E-state index < -0.39 is 86.5 Å². The third kappa shape index (κ3) is 23.8. The van der Waals surface area contributed by atoms with Crippen LogP contribution < -0.4 is 23.7 Å². The van der Waals surface area contributed by atoms with Crippen molar-refractivity contribution in [2.75, 3.05) is 0 Å². The molecule has 0 bridgehead atoms. The van der Waals surface area contributed by atoms with Crippen molar-refractivity contribution >= 4 is 28.7 Å². The lowest BCUT2D eigenvalue weighted by Crippen LogP contribution is -2.74. The number of unbranched alkanes of at least 4 members (excludes halogenated alkanes) is 12. The van der Waals surface area contributed by atoms with Crippen LogP contribution in [0.1, 0.15) is 433 Å². The lowest BCUT2D eigenvalue weighted by Gasteiger charge is -2.58. The van der Waals surface area contributed by atoms with Gasteiger partial charge < -0.3 is 99.9 Å². The van der Waals surface area contributed by atoms with Gasteiger partial charge in [-0.25, -0.2) is 4.79 Å². The summed E-state index contributed by atoms with van der Waals surface area (Å²) in [6.07, 6.45) is 30.7. The number of aromatic hydroxyl groups is 7. The van der Waals surface area contributed by atoms with Crippen LogP contribution in [-0.2, 0) is 58.5 Å². The summed E-state index contributed by atoms with van der Waals surface area (Å²) < 4.78 is 37.5. The van der Waals surface area contributed by atoms with Crippen molar-refractivity contribution < 1.29 is 114 Å². The van der Waals surface area contributed by atoms with Crippen LogP contribution in [0, 0.1) is 23.7 Å². The molecule has 17 rings (SSSR count). The summed E-state index contributed by atoms with van der Waals surface area (Å²) in [6, 6.07) is 20.3. The van der Waals surface area contributed by atoms with Crippen LogP contribution in [0.2, 0.25) is 0 Å². The first-order valence-corrected chi connectivity index (χ1v) is 56.1. The van der Waals surface area contributed by atoms with E-state index >= 15 is 0 Å². The van der Waals surface area contributed by atoms with Gasteiger partial charge in [0.1, 0.15) is 121 Å². The number of aryl methyl sites for hydroxylation is 6. The Labute approximate surface area is 885 Å². The minimum Gasteiger partial charge on any atom is -0.508 e. The zero-order valence-corrected chi connectivity index (χ0v) is 93.2. The second kappa shape index (κ2) is 46.6. The first-order chi connectivity index (χ1) is 70.1. The van der Waals surface area contributed by atoms with E-state index in [9.17, 15) is 85.9 Å². The number of hydrogen-bond donors (Lipinski definition) is 14. The van der Waals surface area contributed by atoms with Gasteiger partial charge in [-0.3, -0.25) is 9.59 Å². The fourth-order valence-electron chi connectivity index (χ4n) is 25.9. The largest absolute Gasteiger partial charge is 0.508 e. The van der Waals surface area contributed by atoms with Crippen molar-refractivity contribution in [1.82, 2.24) is 0 Å². The Bertz CT molecular complexity index is 6010. The first kappa shape index (κ1) is 116. The first-order valence-electron chi connectivity index (χ1n) is 56.1. The molecule has 0 amide bonds. The highest BCUT2D eigenvalue weighted by molar-refractivity contribution is 6.25. The summed E-state index contributed by atoms with van der Waals surface area (Å²) in [5.41, 5.74) is 4.06. The van der Waals surface area contributed by atoms with Gasteiger partial charge in [0.05, 0.1) is 40.1 Å². The van der Waals surface area contributed by atoms with Gasteiger partial charge in [0.15, 0.2) is 17.0 Å². The Morgan fingerprint density at radius 1 is 0.470 bits per heavy atom. The molecule has 6 unspecified atom stereocenters. The van der Waals surface area contributed by atoms with E-state index in [4.69, 9.17) is 28.4 Å². The zero-order valence-electron chi connectivity index (χ0n) is 93.2. The molecule has 149 heavy (non-hydrogen) atoms. The molecule has 16 atom stereocenters. The number of hydrogen-bond acceptors (Lipinski definition) is 23. The van der Waals surface area contributed by atoms with Gasteiger partial charge in [-0.2, -0.15) is 0 Å². The minimum absolute atomic E-state index is 0.00839. The van der Waals surface area contributed by atoms with Crippen molar-refractivity contribution in [2.24, 2.45) is 23.7 Å². The van der Waals surface area contributed by atoms with Crippen LogP contribution in [0.3, 0.4) is 0 Å². The fourth-order valence-corrected chi connectivity index (χ4v) is 25.9. The van der Waals surface area contributed by atoms with Gasteiger partial charge in [0.2, 0.25) is 0 Å². The number of ketones is 2. The third-order valence-corrected chi connectivity index (χ3v) is 34.5.